The molecule has 102 valence electrons. The Kier molecular flexibility index (Phi) is 7.09. The van der Waals surface area contributed by atoms with Crippen molar-refractivity contribution in [3.05, 3.63) is 29.3 Å². The molecule has 0 saturated heterocycles. The van der Waals surface area contributed by atoms with Crippen LogP contribution in [0.1, 0.15) is 20.8 Å². The third-order valence-electron chi connectivity index (χ3n) is 2.42. The van der Waals surface area contributed by atoms with Gasteiger partial charge >= 0.3 is 0 Å². The van der Waals surface area contributed by atoms with E-state index < -0.39 is 0 Å². The van der Waals surface area contributed by atoms with E-state index in [-0.39, 0.29) is 6.10 Å². The number of ether oxygens (including phenoxy) is 1. The van der Waals surface area contributed by atoms with E-state index in [9.17, 15) is 0 Å². The highest BCUT2D eigenvalue weighted by Gasteiger charge is 2.03. The Morgan fingerprint density at radius 1 is 1.22 bits per heavy atom. The summed E-state index contributed by atoms with van der Waals surface area (Å²) in [7, 11) is 0. The minimum absolute atomic E-state index is 0.127. The largest absolute Gasteiger partial charge is 0.489 e. The zero-order chi connectivity index (χ0) is 13.4. The molecule has 0 bridgehead atoms. The van der Waals surface area contributed by atoms with Crippen molar-refractivity contribution < 1.29 is 4.74 Å². The molecule has 0 aliphatic rings. The van der Waals surface area contributed by atoms with Crippen molar-refractivity contribution in [1.29, 1.82) is 0 Å². The van der Waals surface area contributed by atoms with Crippen LogP contribution in [0.5, 0.6) is 5.75 Å². The highest BCUT2D eigenvalue weighted by atomic mass is 35.5. The van der Waals surface area contributed by atoms with Crippen molar-refractivity contribution >= 4 is 11.6 Å². The Morgan fingerprint density at radius 2 is 2.00 bits per heavy atom. The molecule has 18 heavy (non-hydrogen) atoms. The van der Waals surface area contributed by atoms with Crippen molar-refractivity contribution in [2.75, 3.05) is 19.6 Å². The lowest BCUT2D eigenvalue weighted by atomic mass is 10.3. The molecular formula is C14H23ClN2O. The number of benzene rings is 1. The first-order valence-corrected chi connectivity index (χ1v) is 6.82. The lowest BCUT2D eigenvalue weighted by Gasteiger charge is -2.16. The maximum Gasteiger partial charge on any atom is 0.121 e. The third kappa shape index (κ3) is 6.84. The van der Waals surface area contributed by atoms with Crippen molar-refractivity contribution in [3.63, 3.8) is 0 Å². The summed E-state index contributed by atoms with van der Waals surface area (Å²) >= 11 is 5.90. The zero-order valence-corrected chi connectivity index (χ0v) is 12.1. The highest BCUT2D eigenvalue weighted by Crippen LogP contribution is 2.18. The smallest absolute Gasteiger partial charge is 0.121 e. The van der Waals surface area contributed by atoms with Gasteiger partial charge in [0.2, 0.25) is 0 Å². The molecule has 1 aromatic rings. The van der Waals surface area contributed by atoms with E-state index in [4.69, 9.17) is 16.3 Å². The lowest BCUT2D eigenvalue weighted by Crippen LogP contribution is -2.36. The molecule has 1 aromatic carbocycles. The van der Waals surface area contributed by atoms with E-state index in [0.29, 0.717) is 11.1 Å². The van der Waals surface area contributed by atoms with Gasteiger partial charge in [0.1, 0.15) is 11.9 Å². The number of hydrogen-bond acceptors (Lipinski definition) is 3. The van der Waals surface area contributed by atoms with Crippen LogP contribution in [-0.2, 0) is 0 Å². The molecule has 1 atom stereocenters. The predicted octanol–water partition coefficient (Wildman–Crippen LogP) is 2.69. The fourth-order valence-electron chi connectivity index (χ4n) is 1.57. The first kappa shape index (κ1) is 15.3. The number of nitrogens with one attached hydrogen (secondary N) is 2. The fourth-order valence-corrected chi connectivity index (χ4v) is 1.75. The quantitative estimate of drug-likeness (QED) is 0.713. The van der Waals surface area contributed by atoms with Crippen LogP contribution in [0.2, 0.25) is 5.02 Å². The summed E-state index contributed by atoms with van der Waals surface area (Å²) in [6.45, 7) is 9.08. The van der Waals surface area contributed by atoms with Crippen molar-refractivity contribution in [2.45, 2.75) is 32.9 Å². The second-order valence-electron chi connectivity index (χ2n) is 4.70. The molecule has 0 heterocycles. The van der Waals surface area contributed by atoms with Crippen molar-refractivity contribution in [2.24, 2.45) is 0 Å². The molecule has 0 radical (unpaired) electrons. The van der Waals surface area contributed by atoms with Gasteiger partial charge in [-0.3, -0.25) is 0 Å². The molecule has 3 nitrogen and oxygen atoms in total. The SMILES string of the molecule is CC(C)NCCNCC(C)Oc1cccc(Cl)c1. The summed E-state index contributed by atoms with van der Waals surface area (Å²) in [5.74, 6) is 0.817. The molecule has 1 rings (SSSR count). The molecule has 0 saturated carbocycles. The Morgan fingerprint density at radius 3 is 2.67 bits per heavy atom. The van der Waals surface area contributed by atoms with E-state index in [1.807, 2.05) is 31.2 Å². The molecule has 0 aromatic heterocycles. The van der Waals surface area contributed by atoms with Crippen LogP contribution in [0.4, 0.5) is 0 Å². The first-order valence-electron chi connectivity index (χ1n) is 6.44. The van der Waals surface area contributed by atoms with Gasteiger partial charge in [0.15, 0.2) is 0 Å². The van der Waals surface area contributed by atoms with E-state index in [1.54, 1.807) is 0 Å². The summed E-state index contributed by atoms with van der Waals surface area (Å²) < 4.78 is 5.76. The van der Waals surface area contributed by atoms with Crippen LogP contribution in [0.25, 0.3) is 0 Å². The Balaban J connectivity index is 2.16. The Bertz CT molecular complexity index is 344. The van der Waals surface area contributed by atoms with Crippen molar-refractivity contribution in [1.82, 2.24) is 10.6 Å². The van der Waals surface area contributed by atoms with E-state index >= 15 is 0 Å². The van der Waals surface area contributed by atoms with Gasteiger partial charge in [-0.1, -0.05) is 31.5 Å². The normalized spacial score (nSPS) is 12.7. The number of rotatable bonds is 8. The number of hydrogen-bond donors (Lipinski definition) is 2. The van der Waals surface area contributed by atoms with Gasteiger partial charge in [-0.15, -0.1) is 0 Å². The molecule has 0 spiro atoms. The standard InChI is InChI=1S/C14H23ClN2O/c1-11(2)17-8-7-16-10-12(3)18-14-6-4-5-13(15)9-14/h4-6,9,11-12,16-17H,7-8,10H2,1-3H3. The van der Waals surface area contributed by atoms with Crippen LogP contribution < -0.4 is 15.4 Å². The molecule has 1 unspecified atom stereocenters. The predicted molar refractivity (Wildman–Crippen MR) is 77.6 cm³/mol. The van der Waals surface area contributed by atoms with Gasteiger partial charge in [0.05, 0.1) is 0 Å². The minimum Gasteiger partial charge on any atom is -0.489 e. The maximum atomic E-state index is 5.90. The summed E-state index contributed by atoms with van der Waals surface area (Å²) in [6.07, 6.45) is 0.127. The summed E-state index contributed by atoms with van der Waals surface area (Å²) in [6, 6.07) is 8.02. The second kappa shape index (κ2) is 8.35. The zero-order valence-electron chi connectivity index (χ0n) is 11.4. The second-order valence-corrected chi connectivity index (χ2v) is 5.14. The van der Waals surface area contributed by atoms with Gasteiger partial charge in [-0.05, 0) is 25.1 Å². The van der Waals surface area contributed by atoms with Crippen LogP contribution in [-0.4, -0.2) is 31.8 Å². The summed E-state index contributed by atoms with van der Waals surface area (Å²) in [5.41, 5.74) is 0. The first-order chi connectivity index (χ1) is 8.58. The van der Waals surface area contributed by atoms with Crippen LogP contribution >= 0.6 is 11.6 Å². The van der Waals surface area contributed by atoms with Crippen molar-refractivity contribution in [3.8, 4) is 5.75 Å². The Labute approximate surface area is 115 Å². The molecule has 0 aliphatic carbocycles. The fraction of sp³-hybridized carbons (Fsp3) is 0.571. The van der Waals surface area contributed by atoms with Crippen LogP contribution in [0.15, 0.2) is 24.3 Å². The van der Waals surface area contributed by atoms with E-state index in [2.05, 4.69) is 24.5 Å². The van der Waals surface area contributed by atoms with Gasteiger partial charge in [0, 0.05) is 30.7 Å². The maximum absolute atomic E-state index is 5.90. The average molecular weight is 271 g/mol. The minimum atomic E-state index is 0.127. The topological polar surface area (TPSA) is 33.3 Å². The van der Waals surface area contributed by atoms with Gasteiger partial charge in [-0.2, -0.15) is 0 Å². The molecule has 2 N–H and O–H groups in total. The van der Waals surface area contributed by atoms with Gasteiger partial charge in [-0.25, -0.2) is 0 Å². The third-order valence-corrected chi connectivity index (χ3v) is 2.65. The van der Waals surface area contributed by atoms with Gasteiger partial charge < -0.3 is 15.4 Å². The molecular weight excluding hydrogens is 248 g/mol. The molecule has 0 aliphatic heterocycles. The molecule has 4 heteroatoms. The average Bonchev–Trinajstić information content (AvgIpc) is 2.28. The monoisotopic (exact) mass is 270 g/mol. The number of halogens is 1. The molecule has 0 amide bonds. The lowest BCUT2D eigenvalue weighted by molar-refractivity contribution is 0.217. The van der Waals surface area contributed by atoms with E-state index in [0.717, 1.165) is 25.4 Å². The van der Waals surface area contributed by atoms with Crippen LogP contribution in [0, 0.1) is 0 Å². The Hall–Kier alpha value is -0.770. The van der Waals surface area contributed by atoms with E-state index in [1.165, 1.54) is 0 Å². The highest BCUT2D eigenvalue weighted by molar-refractivity contribution is 6.30. The van der Waals surface area contributed by atoms with Gasteiger partial charge in [0.25, 0.3) is 0 Å². The summed E-state index contributed by atoms with van der Waals surface area (Å²) in [4.78, 5) is 0. The summed E-state index contributed by atoms with van der Waals surface area (Å²) in [5, 5.41) is 7.41. The van der Waals surface area contributed by atoms with Crippen LogP contribution in [0.3, 0.4) is 0 Å². The molecule has 0 fully saturated rings.